The lowest BCUT2D eigenvalue weighted by molar-refractivity contribution is 1.20. The highest BCUT2D eigenvalue weighted by molar-refractivity contribution is 6.36. The van der Waals surface area contributed by atoms with E-state index in [0.29, 0.717) is 43.1 Å². The Labute approximate surface area is 188 Å². The summed E-state index contributed by atoms with van der Waals surface area (Å²) in [5, 5.41) is 11.6. The molecule has 2 N–H and O–H groups in total. The van der Waals surface area contributed by atoms with Crippen molar-refractivity contribution >= 4 is 51.5 Å². The van der Waals surface area contributed by atoms with Gasteiger partial charge in [-0.1, -0.05) is 46.9 Å². The molecule has 0 spiro atoms. The minimum atomic E-state index is 0.0884. The van der Waals surface area contributed by atoms with Crippen molar-refractivity contribution in [2.45, 2.75) is 13.3 Å². The predicted molar refractivity (Wildman–Crippen MR) is 124 cm³/mol. The molecule has 4 aromatic rings. The molecular formula is C23H15Cl3N4. The molecule has 0 atom stereocenters. The third-order valence-electron chi connectivity index (χ3n) is 4.84. The summed E-state index contributed by atoms with van der Waals surface area (Å²) in [7, 11) is 0. The number of nitrogens with two attached hydrogens (primary N) is 1. The zero-order valence-corrected chi connectivity index (χ0v) is 18.1. The molecule has 0 saturated heterocycles. The van der Waals surface area contributed by atoms with Crippen LogP contribution in [0.5, 0.6) is 0 Å². The Morgan fingerprint density at radius 2 is 1.73 bits per heavy atom. The molecule has 0 bridgehead atoms. The molecule has 4 rings (SSSR count). The molecule has 2 aromatic carbocycles. The number of nitriles is 1. The van der Waals surface area contributed by atoms with Gasteiger partial charge in [0.1, 0.15) is 11.0 Å². The third-order valence-corrected chi connectivity index (χ3v) is 5.67. The molecule has 2 aromatic heterocycles. The summed E-state index contributed by atoms with van der Waals surface area (Å²) in [6.07, 6.45) is 0.0884. The molecular weight excluding hydrogens is 439 g/mol. The van der Waals surface area contributed by atoms with Gasteiger partial charge in [-0.2, -0.15) is 5.26 Å². The first kappa shape index (κ1) is 20.4. The van der Waals surface area contributed by atoms with Crippen LogP contribution in [0.1, 0.15) is 11.1 Å². The number of aryl methyl sites for hydroxylation is 1. The van der Waals surface area contributed by atoms with Gasteiger partial charge < -0.3 is 5.73 Å². The van der Waals surface area contributed by atoms with E-state index in [1.54, 1.807) is 18.2 Å². The standard InChI is InChI=1S/C23H15Cl3N4/c1-12-2-3-13-9-18(22(26)29-20(13)8-12)17-11-21(30-23(28)15(17)6-7-27)16-5-4-14(24)10-19(16)25/h2-5,8-11H,6H2,1H3,(H2,28,30). The molecule has 0 fully saturated rings. The van der Waals surface area contributed by atoms with Crippen molar-refractivity contribution < 1.29 is 0 Å². The van der Waals surface area contributed by atoms with Crippen LogP contribution in [0.3, 0.4) is 0 Å². The number of fused-ring (bicyclic) bond motifs is 1. The van der Waals surface area contributed by atoms with Crippen LogP contribution in [-0.4, -0.2) is 9.97 Å². The molecule has 7 heteroatoms. The zero-order chi connectivity index (χ0) is 21.4. The van der Waals surface area contributed by atoms with E-state index in [9.17, 15) is 5.26 Å². The fraction of sp³-hybridized carbons (Fsp3) is 0.0870. The molecule has 0 aliphatic rings. The molecule has 0 aliphatic heterocycles. The number of benzene rings is 2. The summed E-state index contributed by atoms with van der Waals surface area (Å²) >= 11 is 19.0. The molecule has 0 amide bonds. The van der Waals surface area contributed by atoms with Gasteiger partial charge in [0.2, 0.25) is 0 Å². The minimum absolute atomic E-state index is 0.0884. The van der Waals surface area contributed by atoms with Crippen LogP contribution < -0.4 is 5.73 Å². The fourth-order valence-electron chi connectivity index (χ4n) is 3.37. The van der Waals surface area contributed by atoms with Crippen LogP contribution in [0.2, 0.25) is 15.2 Å². The average molecular weight is 454 g/mol. The van der Waals surface area contributed by atoms with Crippen LogP contribution in [0.15, 0.2) is 48.5 Å². The Balaban J connectivity index is 1.99. The number of anilines is 1. The van der Waals surface area contributed by atoms with Gasteiger partial charge in [-0.15, -0.1) is 0 Å². The molecule has 0 radical (unpaired) electrons. The summed E-state index contributed by atoms with van der Waals surface area (Å²) < 4.78 is 0. The summed E-state index contributed by atoms with van der Waals surface area (Å²) in [5.74, 6) is 0.245. The Bertz CT molecular complexity index is 1340. The van der Waals surface area contributed by atoms with E-state index >= 15 is 0 Å². The van der Waals surface area contributed by atoms with Crippen LogP contribution in [-0.2, 0) is 6.42 Å². The molecule has 30 heavy (non-hydrogen) atoms. The molecule has 2 heterocycles. The van der Waals surface area contributed by atoms with Gasteiger partial charge in [-0.3, -0.25) is 0 Å². The van der Waals surface area contributed by atoms with Gasteiger partial charge in [0.25, 0.3) is 0 Å². The maximum atomic E-state index is 9.33. The quantitative estimate of drug-likeness (QED) is 0.343. The Morgan fingerprint density at radius 3 is 2.47 bits per heavy atom. The highest BCUT2D eigenvalue weighted by atomic mass is 35.5. The molecule has 4 nitrogen and oxygen atoms in total. The molecule has 0 saturated carbocycles. The number of hydrogen-bond donors (Lipinski definition) is 1. The van der Waals surface area contributed by atoms with Crippen molar-refractivity contribution in [3.05, 3.63) is 74.9 Å². The summed E-state index contributed by atoms with van der Waals surface area (Å²) in [4.78, 5) is 9.03. The van der Waals surface area contributed by atoms with Crippen LogP contribution >= 0.6 is 34.8 Å². The van der Waals surface area contributed by atoms with Crippen molar-refractivity contribution in [3.8, 4) is 28.5 Å². The zero-order valence-electron chi connectivity index (χ0n) is 15.9. The SMILES string of the molecule is Cc1ccc2cc(-c3cc(-c4ccc(Cl)cc4Cl)nc(N)c3CC#N)c(Cl)nc2c1. The van der Waals surface area contributed by atoms with Crippen molar-refractivity contribution in [3.63, 3.8) is 0 Å². The topological polar surface area (TPSA) is 75.6 Å². The first-order valence-corrected chi connectivity index (χ1v) is 10.2. The van der Waals surface area contributed by atoms with E-state index in [1.165, 1.54) is 0 Å². The van der Waals surface area contributed by atoms with Gasteiger partial charge in [-0.05, 0) is 54.4 Å². The third kappa shape index (κ3) is 3.80. The van der Waals surface area contributed by atoms with E-state index in [1.807, 2.05) is 37.3 Å². The summed E-state index contributed by atoms with van der Waals surface area (Å²) in [6, 6.07) is 17.1. The highest BCUT2D eigenvalue weighted by Gasteiger charge is 2.18. The lowest BCUT2D eigenvalue weighted by Crippen LogP contribution is -2.03. The van der Waals surface area contributed by atoms with E-state index in [4.69, 9.17) is 40.5 Å². The second-order valence-corrected chi connectivity index (χ2v) is 8.10. The second-order valence-electron chi connectivity index (χ2n) is 6.90. The van der Waals surface area contributed by atoms with E-state index < -0.39 is 0 Å². The molecule has 0 unspecified atom stereocenters. The first-order valence-electron chi connectivity index (χ1n) is 9.06. The second kappa shape index (κ2) is 8.12. The number of pyridine rings is 2. The number of halogens is 3. The highest BCUT2D eigenvalue weighted by Crippen LogP contribution is 2.38. The lowest BCUT2D eigenvalue weighted by Gasteiger charge is -2.15. The predicted octanol–water partition coefficient (Wildman–Crippen LogP) is 6.88. The van der Waals surface area contributed by atoms with Crippen molar-refractivity contribution in [1.29, 1.82) is 5.26 Å². The number of nitrogens with zero attached hydrogens (tertiary/aromatic N) is 3. The van der Waals surface area contributed by atoms with E-state index in [0.717, 1.165) is 16.5 Å². The van der Waals surface area contributed by atoms with Crippen molar-refractivity contribution in [2.24, 2.45) is 0 Å². The lowest BCUT2D eigenvalue weighted by atomic mass is 9.96. The normalized spacial score (nSPS) is 10.9. The summed E-state index contributed by atoms with van der Waals surface area (Å²) in [5.41, 5.74) is 11.4. The Morgan fingerprint density at radius 1 is 0.933 bits per heavy atom. The Kier molecular flexibility index (Phi) is 5.53. The van der Waals surface area contributed by atoms with Crippen molar-refractivity contribution in [2.75, 3.05) is 5.73 Å². The number of rotatable bonds is 3. The van der Waals surface area contributed by atoms with E-state index in [2.05, 4.69) is 16.0 Å². The fourth-order valence-corrected chi connectivity index (χ4v) is 4.13. The first-order chi connectivity index (χ1) is 14.4. The van der Waals surface area contributed by atoms with Crippen molar-refractivity contribution in [1.82, 2.24) is 9.97 Å². The van der Waals surface area contributed by atoms with Gasteiger partial charge in [0, 0.05) is 27.1 Å². The maximum Gasteiger partial charge on any atom is 0.137 e. The summed E-state index contributed by atoms with van der Waals surface area (Å²) in [6.45, 7) is 2.00. The number of hydrogen-bond acceptors (Lipinski definition) is 4. The average Bonchev–Trinajstić information content (AvgIpc) is 2.69. The van der Waals surface area contributed by atoms with Crippen LogP contribution in [0, 0.1) is 18.3 Å². The Hall–Kier alpha value is -2.84. The van der Waals surface area contributed by atoms with Crippen LogP contribution in [0.25, 0.3) is 33.3 Å². The van der Waals surface area contributed by atoms with Gasteiger partial charge in [0.15, 0.2) is 0 Å². The maximum absolute atomic E-state index is 9.33. The molecule has 148 valence electrons. The van der Waals surface area contributed by atoms with Gasteiger partial charge in [-0.25, -0.2) is 9.97 Å². The van der Waals surface area contributed by atoms with Crippen LogP contribution in [0.4, 0.5) is 5.82 Å². The monoisotopic (exact) mass is 452 g/mol. The smallest absolute Gasteiger partial charge is 0.137 e. The van der Waals surface area contributed by atoms with Gasteiger partial charge >= 0.3 is 0 Å². The number of nitrogen functional groups attached to an aromatic ring is 1. The van der Waals surface area contributed by atoms with Gasteiger partial charge in [0.05, 0.1) is 28.7 Å². The van der Waals surface area contributed by atoms with E-state index in [-0.39, 0.29) is 12.2 Å². The molecule has 0 aliphatic carbocycles. The number of aromatic nitrogens is 2. The largest absolute Gasteiger partial charge is 0.383 e. The minimum Gasteiger partial charge on any atom is -0.383 e.